The van der Waals surface area contributed by atoms with E-state index in [2.05, 4.69) is 135 Å². The van der Waals surface area contributed by atoms with Gasteiger partial charge >= 0.3 is 94.5 Å². The first-order chi connectivity index (χ1) is 37.9. The summed E-state index contributed by atoms with van der Waals surface area (Å²) in [6.07, 6.45) is 7.25. The molecule has 0 amide bonds. The summed E-state index contributed by atoms with van der Waals surface area (Å²) in [5, 5.41) is 21.4. The Balaban J connectivity index is 0.000000284. The summed E-state index contributed by atoms with van der Waals surface area (Å²) in [5.41, 5.74) is 2.68. The minimum Gasteiger partial charge on any atom is -1.00 e. The van der Waals surface area contributed by atoms with Crippen molar-refractivity contribution in [3.8, 4) is 0 Å². The topological polar surface area (TPSA) is 144 Å². The second kappa shape index (κ2) is 29.3. The summed E-state index contributed by atoms with van der Waals surface area (Å²) < 4.78 is 95.4. The molecule has 0 saturated heterocycles. The Morgan fingerprint density at radius 2 is 0.800 bits per heavy atom. The molecule has 4 aromatic rings. The van der Waals surface area contributed by atoms with Gasteiger partial charge in [0.2, 0.25) is 5.97 Å². The molecule has 0 radical (unpaired) electrons. The maximum atomic E-state index is 15.2. The van der Waals surface area contributed by atoms with Gasteiger partial charge in [0.25, 0.3) is 0 Å². The number of aliphatic hydroxyl groups is 2. The van der Waals surface area contributed by atoms with E-state index in [0.717, 1.165) is 69.8 Å². The zero-order valence-corrected chi connectivity index (χ0v) is 58.8. The molecule has 4 unspecified atom stereocenters. The van der Waals surface area contributed by atoms with E-state index in [9.17, 15) is 28.6 Å². The van der Waals surface area contributed by atoms with Gasteiger partial charge in [-0.1, -0.05) is 132 Å². The zero-order valence-electron chi connectivity index (χ0n) is 51.0. The molecule has 0 aliphatic heterocycles. The molecule has 18 heteroatoms. The molecule has 466 valence electrons. The molecular formula is C67H89ClF4I2NaO9S+. The number of carbonyl (C=O) groups is 2. The third kappa shape index (κ3) is 20.9. The predicted octanol–water partition coefficient (Wildman–Crippen LogP) is 2.63. The summed E-state index contributed by atoms with van der Waals surface area (Å²) >= 11 is -0.440. The number of hydrogen-bond donors (Lipinski definition) is 2. The molecule has 8 bridgehead atoms. The first kappa shape index (κ1) is 75.2. The molecule has 8 saturated carbocycles. The minimum atomic E-state index is -3.58. The smallest absolute Gasteiger partial charge is 1.00 e. The SMILES string of the molecule is C.CC(C)(C)c1ccc([I+]c2ccc(C(C)(C)C)cc2)cc1.CC(C)(C)c1ccc([I+]c2ccc(C(C)(C)CC(F)(F)C(=O)OCC34CC5CC(CC(O)(C5)C3)C4)cc2)cc1.O=C(OCC12CC3CC(CC(O)(C3)C1)C2)[C-](F)F.O=S(=O)=O.[Cl-].[Na+]. The first-order valence-corrected chi connectivity index (χ1v) is 34.0. The monoisotopic (exact) mass is 1460 g/mol. The molecule has 85 heavy (non-hydrogen) atoms. The average Bonchev–Trinajstić information content (AvgIpc) is 0.805. The van der Waals surface area contributed by atoms with Crippen molar-refractivity contribution >= 4 is 22.5 Å². The van der Waals surface area contributed by atoms with E-state index in [1.807, 2.05) is 24.3 Å². The van der Waals surface area contributed by atoms with Crippen molar-refractivity contribution < 1.29 is 144 Å². The van der Waals surface area contributed by atoms with Crippen LogP contribution < -0.4 is 84.4 Å². The van der Waals surface area contributed by atoms with E-state index in [1.54, 1.807) is 13.8 Å². The Morgan fingerprint density at radius 1 is 0.529 bits per heavy atom. The summed E-state index contributed by atoms with van der Waals surface area (Å²) in [6.45, 7) is 23.7. The molecule has 9 nitrogen and oxygen atoms in total. The number of rotatable bonds is 13. The molecule has 2 N–H and O–H groups in total. The number of esters is 2. The van der Waals surface area contributed by atoms with Gasteiger partial charge in [-0.15, -0.1) is 12.6 Å². The van der Waals surface area contributed by atoms with Gasteiger partial charge in [0.15, 0.2) is 14.3 Å². The number of halogens is 7. The standard InChI is InChI=1S/C33H42F2IO3.C20H26I.C13H17F2O3.CH4.ClH.Na.O3S/c1-29(2,3)24-6-10-26(11-7-24)36-27-12-8-25(9-13-27)30(4,5)19-33(34,35)28(37)39-21-31-15-22-14-23(16-31)18-32(38,17-22)20-31;1-19(2,3)15-7-11-17(12-8-15)21-18-13-9-16(10-14-18)20(4,5)6;14-10(15)11(16)18-7-12-2-8-1-9(3-12)5-13(17,4-8)6-12;;;;1-4(2)3/h6-13,22-23,38H,14-21H2,1-5H3;7-14H,1-6H3;8-9,17H,1-7H2;1H4;1H;;/q2*+1;-1;;;+1;/p-1. The van der Waals surface area contributed by atoms with E-state index in [-0.39, 0.29) is 132 Å². The number of benzene rings is 4. The Bertz CT molecular complexity index is 2870. The van der Waals surface area contributed by atoms with Gasteiger partial charge < -0.3 is 40.9 Å². The van der Waals surface area contributed by atoms with Crippen LogP contribution in [0.25, 0.3) is 0 Å². The third-order valence-corrected chi connectivity index (χ3v) is 23.0. The van der Waals surface area contributed by atoms with Crippen LogP contribution in [0, 0.1) is 55.2 Å². The fourth-order valence-electron chi connectivity index (χ4n) is 14.7. The Hall–Kier alpha value is -2.30. The van der Waals surface area contributed by atoms with Crippen LogP contribution in [-0.4, -0.2) is 65.1 Å². The number of ether oxygens (including phenoxy) is 2. The molecule has 8 aliphatic rings. The number of alkyl halides is 2. The largest absolute Gasteiger partial charge is 1.00 e. The molecule has 8 fully saturated rings. The summed E-state index contributed by atoms with van der Waals surface area (Å²) in [5.74, 6) is -4.76. The van der Waals surface area contributed by atoms with E-state index >= 15 is 8.78 Å². The second-order valence-corrected chi connectivity index (χ2v) is 35.2. The van der Waals surface area contributed by atoms with Gasteiger partial charge in [0.05, 0.1) is 24.4 Å². The van der Waals surface area contributed by atoms with Crippen molar-refractivity contribution in [2.75, 3.05) is 13.2 Å². The van der Waals surface area contributed by atoms with E-state index in [4.69, 9.17) is 22.1 Å². The maximum Gasteiger partial charge on any atom is 1.00 e. The average molecular weight is 1460 g/mol. The molecular weight excluding hydrogens is 1370 g/mol. The van der Waals surface area contributed by atoms with Gasteiger partial charge in [0.1, 0.15) is 0 Å². The minimum absolute atomic E-state index is 0. The van der Waals surface area contributed by atoms with Gasteiger partial charge in [-0.25, -0.2) is 4.79 Å². The number of carbonyl (C=O) groups excluding carboxylic acids is 2. The van der Waals surface area contributed by atoms with Crippen LogP contribution in [0.2, 0.25) is 0 Å². The summed E-state index contributed by atoms with van der Waals surface area (Å²) in [7, 11) is -3.11. The molecule has 8 aliphatic carbocycles. The molecule has 4 aromatic carbocycles. The molecule has 12 rings (SSSR count). The molecule has 0 spiro atoms. The van der Waals surface area contributed by atoms with Crippen LogP contribution in [0.1, 0.15) is 189 Å². The van der Waals surface area contributed by atoms with Crippen molar-refractivity contribution in [1.82, 2.24) is 0 Å². The third-order valence-electron chi connectivity index (χ3n) is 17.6. The van der Waals surface area contributed by atoms with Crippen molar-refractivity contribution in [2.24, 2.45) is 34.5 Å². The molecule has 0 aromatic heterocycles. The fraction of sp³-hybridized carbons (Fsp3) is 0.597. The van der Waals surface area contributed by atoms with Crippen LogP contribution in [0.5, 0.6) is 0 Å². The van der Waals surface area contributed by atoms with Gasteiger partial charge in [-0.3, -0.25) is 4.79 Å². The van der Waals surface area contributed by atoms with Crippen molar-refractivity contribution in [3.05, 3.63) is 140 Å². The van der Waals surface area contributed by atoms with Gasteiger partial charge in [-0.2, -0.15) is 8.78 Å². The Morgan fingerprint density at radius 3 is 1.06 bits per heavy atom. The van der Waals surface area contributed by atoms with Crippen LogP contribution in [0.3, 0.4) is 0 Å². The van der Waals surface area contributed by atoms with E-state index < -0.39 is 57.9 Å². The van der Waals surface area contributed by atoms with Crippen molar-refractivity contribution in [1.29, 1.82) is 0 Å². The predicted molar refractivity (Wildman–Crippen MR) is 307 cm³/mol. The van der Waals surface area contributed by atoms with Gasteiger partial charge in [0, 0.05) is 23.7 Å². The van der Waals surface area contributed by atoms with Crippen LogP contribution in [0.15, 0.2) is 97.1 Å². The number of hydrogen-bond acceptors (Lipinski definition) is 9. The molecule has 4 atom stereocenters. The first-order valence-electron chi connectivity index (χ1n) is 28.7. The molecule has 0 heterocycles. The van der Waals surface area contributed by atoms with Crippen molar-refractivity contribution in [2.45, 2.75) is 206 Å². The Labute approximate surface area is 554 Å². The van der Waals surface area contributed by atoms with Crippen LogP contribution in [-0.2, 0) is 51.3 Å². The summed E-state index contributed by atoms with van der Waals surface area (Å²) in [6, 6.07) is 35.1. The van der Waals surface area contributed by atoms with Crippen molar-refractivity contribution in [3.63, 3.8) is 0 Å². The summed E-state index contributed by atoms with van der Waals surface area (Å²) in [4.78, 5) is 23.5. The quantitative estimate of drug-likeness (QED) is 0.0680. The maximum absolute atomic E-state index is 15.2. The van der Waals surface area contributed by atoms with E-state index in [0.29, 0.717) is 36.5 Å². The zero-order chi connectivity index (χ0) is 60.5. The van der Waals surface area contributed by atoms with E-state index in [1.165, 1.54) is 31.0 Å². The Kier molecular flexibility index (Phi) is 25.9. The van der Waals surface area contributed by atoms with Crippen LogP contribution >= 0.6 is 0 Å². The second-order valence-electron chi connectivity index (χ2n) is 28.7. The fourth-order valence-corrected chi connectivity index (χ4v) is 19.0. The van der Waals surface area contributed by atoms with Crippen LogP contribution in [0.4, 0.5) is 17.6 Å². The van der Waals surface area contributed by atoms with Gasteiger partial charge in [-0.05, 0) is 193 Å². The normalized spacial score (nSPS) is 26.0.